The maximum Gasteiger partial charge on any atom is 0.260 e. The molecule has 0 aromatic heterocycles. The van der Waals surface area contributed by atoms with Gasteiger partial charge in [0.25, 0.3) is 5.91 Å². The van der Waals surface area contributed by atoms with Gasteiger partial charge in [0.2, 0.25) is 0 Å². The molecule has 20 heavy (non-hydrogen) atoms. The van der Waals surface area contributed by atoms with Crippen molar-refractivity contribution >= 4 is 22.7 Å². The van der Waals surface area contributed by atoms with E-state index in [9.17, 15) is 10.1 Å². The molecule has 1 amide bonds. The molecule has 3 rings (SSSR count). The Morgan fingerprint density at radius 3 is 2.40 bits per heavy atom. The average Bonchev–Trinajstić information content (AvgIpc) is 2.75. The van der Waals surface area contributed by atoms with Crippen LogP contribution in [0.1, 0.15) is 11.1 Å². The topological polar surface area (TPSA) is 44.1 Å². The first-order chi connectivity index (χ1) is 9.74. The SMILES string of the molecule is CN1C(=O)/C(=C(\C#N)c2ccccc2)c2ccccc21. The van der Waals surface area contributed by atoms with E-state index in [2.05, 4.69) is 6.07 Å². The van der Waals surface area contributed by atoms with Gasteiger partial charge in [-0.1, -0.05) is 48.5 Å². The third kappa shape index (κ3) is 1.70. The summed E-state index contributed by atoms with van der Waals surface area (Å²) in [6.07, 6.45) is 0. The van der Waals surface area contributed by atoms with Crippen molar-refractivity contribution in [3.8, 4) is 6.07 Å². The van der Waals surface area contributed by atoms with Crippen LogP contribution in [0.2, 0.25) is 0 Å². The lowest BCUT2D eigenvalue weighted by atomic mass is 9.96. The zero-order valence-corrected chi connectivity index (χ0v) is 11.0. The highest BCUT2D eigenvalue weighted by Crippen LogP contribution is 2.39. The zero-order valence-electron chi connectivity index (χ0n) is 11.0. The van der Waals surface area contributed by atoms with E-state index in [4.69, 9.17) is 0 Å². The second-order valence-corrected chi connectivity index (χ2v) is 4.61. The molecule has 0 N–H and O–H groups in total. The number of allylic oxidation sites excluding steroid dienone is 1. The Balaban J connectivity index is 2.30. The van der Waals surface area contributed by atoms with Gasteiger partial charge in [0.1, 0.15) is 6.07 Å². The molecule has 0 aliphatic carbocycles. The second-order valence-electron chi connectivity index (χ2n) is 4.61. The third-order valence-corrected chi connectivity index (χ3v) is 3.48. The van der Waals surface area contributed by atoms with Gasteiger partial charge < -0.3 is 4.90 Å². The summed E-state index contributed by atoms with van der Waals surface area (Å²) >= 11 is 0. The number of anilines is 1. The molecule has 3 nitrogen and oxygen atoms in total. The molecule has 96 valence electrons. The van der Waals surface area contributed by atoms with E-state index in [0.717, 1.165) is 16.8 Å². The largest absolute Gasteiger partial charge is 0.311 e. The molecule has 1 heterocycles. The average molecular weight is 260 g/mol. The third-order valence-electron chi connectivity index (χ3n) is 3.48. The molecule has 0 saturated heterocycles. The van der Waals surface area contributed by atoms with Gasteiger partial charge in [-0.05, 0) is 11.6 Å². The predicted octanol–water partition coefficient (Wildman–Crippen LogP) is 3.10. The first kappa shape index (κ1) is 12.2. The Kier molecular flexibility index (Phi) is 2.85. The first-order valence-corrected chi connectivity index (χ1v) is 6.31. The molecule has 0 bridgehead atoms. The van der Waals surface area contributed by atoms with Gasteiger partial charge in [-0.25, -0.2) is 0 Å². The van der Waals surface area contributed by atoms with Gasteiger partial charge in [0.05, 0.1) is 16.8 Å². The molecule has 1 aliphatic heterocycles. The fourth-order valence-corrected chi connectivity index (χ4v) is 2.48. The van der Waals surface area contributed by atoms with E-state index < -0.39 is 0 Å². The summed E-state index contributed by atoms with van der Waals surface area (Å²) in [6.45, 7) is 0. The van der Waals surface area contributed by atoms with Gasteiger partial charge in [-0.15, -0.1) is 0 Å². The number of amides is 1. The van der Waals surface area contributed by atoms with E-state index in [1.807, 2.05) is 54.6 Å². The number of hydrogen-bond donors (Lipinski definition) is 0. The van der Waals surface area contributed by atoms with Crippen LogP contribution in [0, 0.1) is 11.3 Å². The van der Waals surface area contributed by atoms with E-state index in [0.29, 0.717) is 11.1 Å². The van der Waals surface area contributed by atoms with Crippen LogP contribution in [0.4, 0.5) is 5.69 Å². The lowest BCUT2D eigenvalue weighted by Gasteiger charge is -2.08. The zero-order chi connectivity index (χ0) is 14.1. The molecule has 0 radical (unpaired) electrons. The highest BCUT2D eigenvalue weighted by Gasteiger charge is 2.32. The highest BCUT2D eigenvalue weighted by molar-refractivity contribution is 6.38. The van der Waals surface area contributed by atoms with Crippen LogP contribution in [-0.2, 0) is 4.79 Å². The minimum atomic E-state index is -0.133. The second kappa shape index (κ2) is 4.67. The Labute approximate surface area is 117 Å². The normalized spacial score (nSPS) is 15.8. The molecule has 2 aromatic rings. The molecule has 0 fully saturated rings. The number of rotatable bonds is 1. The highest BCUT2D eigenvalue weighted by atomic mass is 16.2. The van der Waals surface area contributed by atoms with Crippen LogP contribution in [0.3, 0.4) is 0 Å². The van der Waals surface area contributed by atoms with Crippen LogP contribution in [0.5, 0.6) is 0 Å². The van der Waals surface area contributed by atoms with Crippen LogP contribution in [-0.4, -0.2) is 13.0 Å². The van der Waals surface area contributed by atoms with Crippen molar-refractivity contribution in [3.63, 3.8) is 0 Å². The maximum atomic E-state index is 12.5. The van der Waals surface area contributed by atoms with Crippen molar-refractivity contribution in [2.75, 3.05) is 11.9 Å². The van der Waals surface area contributed by atoms with Crippen molar-refractivity contribution in [1.82, 2.24) is 0 Å². The quantitative estimate of drug-likeness (QED) is 0.584. The van der Waals surface area contributed by atoms with Gasteiger partial charge in [0, 0.05) is 12.6 Å². The minimum Gasteiger partial charge on any atom is -0.311 e. The number of para-hydroxylation sites is 1. The Hall–Kier alpha value is -2.86. The lowest BCUT2D eigenvalue weighted by molar-refractivity contribution is -0.112. The number of likely N-dealkylation sites (N-methyl/N-ethyl adjacent to an activating group) is 1. The van der Waals surface area contributed by atoms with Crippen molar-refractivity contribution in [2.24, 2.45) is 0 Å². The minimum absolute atomic E-state index is 0.133. The van der Waals surface area contributed by atoms with Crippen molar-refractivity contribution < 1.29 is 4.79 Å². The molecule has 1 aliphatic rings. The summed E-state index contributed by atoms with van der Waals surface area (Å²) in [7, 11) is 1.73. The summed E-state index contributed by atoms with van der Waals surface area (Å²) < 4.78 is 0. The Bertz CT molecular complexity index is 754. The predicted molar refractivity (Wildman–Crippen MR) is 78.7 cm³/mol. The molecule has 0 spiro atoms. The first-order valence-electron chi connectivity index (χ1n) is 6.31. The van der Waals surface area contributed by atoms with E-state index in [1.54, 1.807) is 11.9 Å². The van der Waals surface area contributed by atoms with Crippen molar-refractivity contribution in [1.29, 1.82) is 5.26 Å². The summed E-state index contributed by atoms with van der Waals surface area (Å²) in [6, 6.07) is 19.0. The fourth-order valence-electron chi connectivity index (χ4n) is 2.48. The molecular formula is C17H12N2O. The number of carbonyl (C=O) groups excluding carboxylic acids is 1. The Morgan fingerprint density at radius 1 is 1.05 bits per heavy atom. The fraction of sp³-hybridized carbons (Fsp3) is 0.0588. The molecular weight excluding hydrogens is 248 g/mol. The van der Waals surface area contributed by atoms with Crippen LogP contribution in [0.15, 0.2) is 54.6 Å². The van der Waals surface area contributed by atoms with Gasteiger partial charge in [-0.3, -0.25) is 4.79 Å². The number of fused-ring (bicyclic) bond motifs is 1. The standard InChI is InChI=1S/C17H12N2O/c1-19-15-10-6-5-9-13(15)16(17(19)20)14(11-18)12-7-3-2-4-8-12/h2-10H,1H3/b16-14+. The van der Waals surface area contributed by atoms with Gasteiger partial charge in [-0.2, -0.15) is 5.26 Å². The number of hydrogen-bond acceptors (Lipinski definition) is 2. The molecule has 0 saturated carbocycles. The Morgan fingerprint density at radius 2 is 1.70 bits per heavy atom. The van der Waals surface area contributed by atoms with E-state index in [-0.39, 0.29) is 5.91 Å². The van der Waals surface area contributed by atoms with E-state index in [1.165, 1.54) is 0 Å². The molecule has 2 aromatic carbocycles. The van der Waals surface area contributed by atoms with E-state index >= 15 is 0 Å². The monoisotopic (exact) mass is 260 g/mol. The molecule has 0 unspecified atom stereocenters. The van der Waals surface area contributed by atoms with Crippen LogP contribution in [0.25, 0.3) is 11.1 Å². The lowest BCUT2D eigenvalue weighted by Crippen LogP contribution is -2.20. The van der Waals surface area contributed by atoms with Gasteiger partial charge in [0.15, 0.2) is 0 Å². The van der Waals surface area contributed by atoms with Crippen LogP contribution >= 0.6 is 0 Å². The summed E-state index contributed by atoms with van der Waals surface area (Å²) in [5.41, 5.74) is 3.34. The van der Waals surface area contributed by atoms with Crippen molar-refractivity contribution in [3.05, 3.63) is 65.7 Å². The van der Waals surface area contributed by atoms with Crippen molar-refractivity contribution in [2.45, 2.75) is 0 Å². The number of carbonyl (C=O) groups is 1. The maximum absolute atomic E-state index is 12.5. The number of nitrogens with zero attached hydrogens (tertiary/aromatic N) is 2. The van der Waals surface area contributed by atoms with Crippen LogP contribution < -0.4 is 4.90 Å². The smallest absolute Gasteiger partial charge is 0.260 e. The van der Waals surface area contributed by atoms with Gasteiger partial charge >= 0.3 is 0 Å². The molecule has 0 atom stereocenters. The summed E-state index contributed by atoms with van der Waals surface area (Å²) in [5.74, 6) is -0.133. The molecule has 3 heteroatoms. The summed E-state index contributed by atoms with van der Waals surface area (Å²) in [5, 5.41) is 9.49. The number of nitriles is 1. The summed E-state index contributed by atoms with van der Waals surface area (Å²) in [4.78, 5) is 14.0. The number of benzene rings is 2.